The van der Waals surface area contributed by atoms with E-state index in [4.69, 9.17) is 15.2 Å². The van der Waals surface area contributed by atoms with Gasteiger partial charge in [0.1, 0.15) is 11.5 Å². The summed E-state index contributed by atoms with van der Waals surface area (Å²) in [6, 6.07) is 9.64. The number of anilines is 2. The van der Waals surface area contributed by atoms with Gasteiger partial charge in [-0.15, -0.1) is 0 Å². The number of methoxy groups -OCH3 is 2. The topological polar surface area (TPSA) is 112 Å². The summed E-state index contributed by atoms with van der Waals surface area (Å²) in [5, 5.41) is 14.2. The van der Waals surface area contributed by atoms with Crippen LogP contribution in [-0.4, -0.2) is 64.4 Å². The van der Waals surface area contributed by atoms with Gasteiger partial charge in [-0.1, -0.05) is 0 Å². The number of hydrogen-bond acceptors (Lipinski definition) is 8. The van der Waals surface area contributed by atoms with Crippen LogP contribution in [0, 0.1) is 0 Å². The monoisotopic (exact) mass is 516 g/mol. The van der Waals surface area contributed by atoms with Crippen LogP contribution in [0.25, 0.3) is 22.3 Å². The summed E-state index contributed by atoms with van der Waals surface area (Å²) >= 11 is 0. The zero-order chi connectivity index (χ0) is 26.6. The number of halogens is 3. The second-order valence-corrected chi connectivity index (χ2v) is 8.30. The Morgan fingerprint density at radius 3 is 2.41 bits per heavy atom. The summed E-state index contributed by atoms with van der Waals surface area (Å²) in [7, 11) is 2.89. The summed E-state index contributed by atoms with van der Waals surface area (Å²) in [6.45, 7) is 0.459. The smallest absolute Gasteiger partial charge is 0.416 e. The molecule has 2 heterocycles. The van der Waals surface area contributed by atoms with E-state index in [-0.39, 0.29) is 0 Å². The molecular formula is C25H27F3N6O3. The Bertz CT molecular complexity index is 1340. The molecule has 0 saturated carbocycles. The predicted octanol–water partition coefficient (Wildman–Crippen LogP) is 3.92. The number of ether oxygens (including phenoxy) is 2. The fourth-order valence-electron chi connectivity index (χ4n) is 3.76. The molecule has 0 radical (unpaired) electrons. The molecule has 2 aromatic carbocycles. The lowest BCUT2D eigenvalue weighted by Crippen LogP contribution is -2.39. The molecule has 1 unspecified atom stereocenters. The molecule has 9 nitrogen and oxygen atoms in total. The molecule has 4 rings (SSSR count). The lowest BCUT2D eigenvalue weighted by Gasteiger charge is -2.29. The summed E-state index contributed by atoms with van der Waals surface area (Å²) in [4.78, 5) is 10.5. The zero-order valence-corrected chi connectivity index (χ0v) is 20.3. The lowest BCUT2D eigenvalue weighted by atomic mass is 10.1. The first-order valence-electron chi connectivity index (χ1n) is 11.5. The van der Waals surface area contributed by atoms with E-state index >= 15 is 0 Å². The second kappa shape index (κ2) is 11.0. The highest BCUT2D eigenvalue weighted by Crippen LogP contribution is 2.35. The number of nitrogens with zero attached hydrogens (tertiary/aromatic N) is 5. The first kappa shape index (κ1) is 26.2. The van der Waals surface area contributed by atoms with Crippen LogP contribution >= 0.6 is 0 Å². The van der Waals surface area contributed by atoms with Crippen LogP contribution in [0.1, 0.15) is 6.42 Å². The van der Waals surface area contributed by atoms with Crippen LogP contribution in [0.5, 0.6) is 11.5 Å². The molecule has 2 aromatic heterocycles. The summed E-state index contributed by atoms with van der Waals surface area (Å²) < 4.78 is 52.4. The van der Waals surface area contributed by atoms with Crippen molar-refractivity contribution in [2.75, 3.05) is 32.2 Å². The van der Waals surface area contributed by atoms with Crippen LogP contribution < -0.4 is 20.1 Å². The predicted molar refractivity (Wildman–Crippen MR) is 133 cm³/mol. The van der Waals surface area contributed by atoms with Gasteiger partial charge < -0.3 is 25.2 Å². The van der Waals surface area contributed by atoms with Crippen LogP contribution in [0.3, 0.4) is 0 Å². The molecule has 0 aliphatic heterocycles. The van der Waals surface area contributed by atoms with E-state index in [2.05, 4.69) is 15.1 Å². The van der Waals surface area contributed by atoms with E-state index < -0.39 is 18.8 Å². The quantitative estimate of drug-likeness (QED) is 0.326. The van der Waals surface area contributed by atoms with Crippen molar-refractivity contribution in [3.8, 4) is 22.8 Å². The lowest BCUT2D eigenvalue weighted by molar-refractivity contribution is -0.199. The SMILES string of the molecule is COc1cc(OC)cc(N(CC(O)C(F)(F)F)c2ccc3ncc(-c4cnn(CCCN)c4)nc3c2)c1. The standard InChI is InChI=1S/C25H27F3N6O3/c1-36-19-8-18(9-20(11-19)37-2)34(15-24(35)25(26,27)28)17-4-5-21-22(10-17)32-23(13-30-21)16-12-31-33(14-16)7-3-6-29/h4-5,8-14,24,35H,3,6-7,15,29H2,1-2H3. The maximum atomic E-state index is 13.3. The number of benzene rings is 2. The van der Waals surface area contributed by atoms with Crippen molar-refractivity contribution >= 4 is 22.4 Å². The average molecular weight is 517 g/mol. The van der Waals surface area contributed by atoms with Crippen molar-refractivity contribution in [1.82, 2.24) is 19.7 Å². The number of hydrogen-bond donors (Lipinski definition) is 2. The second-order valence-electron chi connectivity index (χ2n) is 8.30. The van der Waals surface area contributed by atoms with Crippen molar-refractivity contribution in [3.05, 3.63) is 55.0 Å². The van der Waals surface area contributed by atoms with Crippen molar-refractivity contribution < 1.29 is 27.8 Å². The first-order chi connectivity index (χ1) is 17.7. The van der Waals surface area contributed by atoms with Gasteiger partial charge in [-0.2, -0.15) is 18.3 Å². The highest BCUT2D eigenvalue weighted by atomic mass is 19.4. The maximum Gasteiger partial charge on any atom is 0.416 e. The van der Waals surface area contributed by atoms with Crippen molar-refractivity contribution in [3.63, 3.8) is 0 Å². The molecule has 12 heteroatoms. The van der Waals surface area contributed by atoms with Crippen molar-refractivity contribution in [2.45, 2.75) is 25.2 Å². The fraction of sp³-hybridized carbons (Fsp3) is 0.320. The number of rotatable bonds is 10. The number of fused-ring (bicyclic) bond motifs is 1. The maximum absolute atomic E-state index is 13.3. The number of aromatic nitrogens is 4. The molecular weight excluding hydrogens is 489 g/mol. The third kappa shape index (κ3) is 6.09. The van der Waals surface area contributed by atoms with E-state index in [0.717, 1.165) is 12.0 Å². The Kier molecular flexibility index (Phi) is 7.79. The Labute approximate surface area is 211 Å². The minimum atomic E-state index is -4.81. The molecule has 3 N–H and O–H groups in total. The van der Waals surface area contributed by atoms with E-state index in [9.17, 15) is 18.3 Å². The van der Waals surface area contributed by atoms with E-state index in [1.54, 1.807) is 53.5 Å². The Morgan fingerprint density at radius 2 is 1.76 bits per heavy atom. The summed E-state index contributed by atoms with van der Waals surface area (Å²) in [5.41, 5.74) is 8.61. The molecule has 4 aromatic rings. The van der Waals surface area contributed by atoms with Gasteiger partial charge in [0.15, 0.2) is 6.10 Å². The average Bonchev–Trinajstić information content (AvgIpc) is 3.37. The molecule has 0 spiro atoms. The first-order valence-corrected chi connectivity index (χ1v) is 11.5. The molecule has 1 atom stereocenters. The highest BCUT2D eigenvalue weighted by molar-refractivity contribution is 5.82. The minimum absolute atomic E-state index is 0.337. The van der Waals surface area contributed by atoms with Gasteiger partial charge in [0.2, 0.25) is 0 Å². The highest BCUT2D eigenvalue weighted by Gasteiger charge is 2.39. The fourth-order valence-corrected chi connectivity index (χ4v) is 3.76. The molecule has 37 heavy (non-hydrogen) atoms. The van der Waals surface area contributed by atoms with Gasteiger partial charge in [-0.3, -0.25) is 9.67 Å². The number of aryl methyl sites for hydroxylation is 1. The van der Waals surface area contributed by atoms with Crippen molar-refractivity contribution in [1.29, 1.82) is 0 Å². The van der Waals surface area contributed by atoms with Gasteiger partial charge in [-0.05, 0) is 31.2 Å². The summed E-state index contributed by atoms with van der Waals surface area (Å²) in [6.07, 6.45) is -1.51. The number of alkyl halides is 3. The molecule has 0 bridgehead atoms. The van der Waals surface area contributed by atoms with Gasteiger partial charge in [0, 0.05) is 47.9 Å². The summed E-state index contributed by atoms with van der Waals surface area (Å²) in [5.74, 6) is 0.769. The van der Waals surface area contributed by atoms with Crippen LogP contribution in [0.4, 0.5) is 24.5 Å². The van der Waals surface area contributed by atoms with E-state index in [1.807, 2.05) is 6.20 Å². The molecule has 0 saturated heterocycles. The molecule has 0 amide bonds. The Balaban J connectivity index is 1.76. The molecule has 196 valence electrons. The Morgan fingerprint density at radius 1 is 1.03 bits per heavy atom. The minimum Gasteiger partial charge on any atom is -0.497 e. The largest absolute Gasteiger partial charge is 0.497 e. The zero-order valence-electron chi connectivity index (χ0n) is 20.3. The molecule has 0 fully saturated rings. The Hall–Kier alpha value is -3.90. The van der Waals surface area contributed by atoms with Gasteiger partial charge in [0.05, 0.1) is 49.9 Å². The molecule has 0 aliphatic carbocycles. The van der Waals surface area contributed by atoms with E-state index in [0.29, 0.717) is 52.7 Å². The normalized spacial score (nSPS) is 12.5. The number of nitrogens with two attached hydrogens (primary N) is 1. The number of aliphatic hydroxyl groups is 1. The van der Waals surface area contributed by atoms with Gasteiger partial charge in [-0.25, -0.2) is 4.98 Å². The van der Waals surface area contributed by atoms with Crippen LogP contribution in [0.2, 0.25) is 0 Å². The third-order valence-electron chi connectivity index (χ3n) is 5.74. The van der Waals surface area contributed by atoms with Crippen LogP contribution in [-0.2, 0) is 6.54 Å². The van der Waals surface area contributed by atoms with Crippen LogP contribution in [0.15, 0.2) is 55.0 Å². The third-order valence-corrected chi connectivity index (χ3v) is 5.74. The van der Waals surface area contributed by atoms with Gasteiger partial charge >= 0.3 is 6.18 Å². The number of aliphatic hydroxyl groups excluding tert-OH is 1. The van der Waals surface area contributed by atoms with E-state index in [1.165, 1.54) is 19.1 Å². The molecule has 0 aliphatic rings. The van der Waals surface area contributed by atoms with Gasteiger partial charge in [0.25, 0.3) is 0 Å². The van der Waals surface area contributed by atoms with Crippen molar-refractivity contribution in [2.24, 2.45) is 5.73 Å².